The fraction of sp³-hybridized carbons (Fsp3) is 0.364. The SMILES string of the molecule is COc1cc(CCC(=O)OCC(=O)N[C@@H](C)c2ccccc2)cc(OC)c1OC. The molecule has 7 heteroatoms. The second kappa shape index (κ2) is 10.9. The van der Waals surface area contributed by atoms with Crippen molar-refractivity contribution in [2.45, 2.75) is 25.8 Å². The van der Waals surface area contributed by atoms with Crippen LogP contribution < -0.4 is 19.5 Å². The molecule has 0 spiro atoms. The van der Waals surface area contributed by atoms with Crippen LogP contribution in [-0.2, 0) is 20.7 Å². The number of nitrogens with one attached hydrogen (secondary N) is 1. The minimum absolute atomic E-state index is 0.125. The number of rotatable bonds is 10. The molecule has 2 aromatic carbocycles. The average Bonchev–Trinajstić information content (AvgIpc) is 2.75. The Balaban J connectivity index is 1.83. The predicted molar refractivity (Wildman–Crippen MR) is 108 cm³/mol. The highest BCUT2D eigenvalue weighted by atomic mass is 16.5. The van der Waals surface area contributed by atoms with E-state index in [0.717, 1.165) is 11.1 Å². The fourth-order valence-corrected chi connectivity index (χ4v) is 2.85. The summed E-state index contributed by atoms with van der Waals surface area (Å²) in [7, 11) is 4.59. The molecule has 2 aromatic rings. The molecular weight excluding hydrogens is 374 g/mol. The molecule has 2 rings (SSSR count). The molecule has 0 radical (unpaired) electrons. The molecule has 0 fully saturated rings. The van der Waals surface area contributed by atoms with Gasteiger partial charge in [0.1, 0.15) is 0 Å². The van der Waals surface area contributed by atoms with Crippen molar-refractivity contribution in [3.8, 4) is 17.2 Å². The molecule has 0 bridgehead atoms. The van der Waals surface area contributed by atoms with Crippen LogP contribution in [0.1, 0.15) is 30.5 Å². The lowest BCUT2D eigenvalue weighted by atomic mass is 10.1. The number of benzene rings is 2. The molecule has 0 aliphatic rings. The van der Waals surface area contributed by atoms with Crippen LogP contribution in [0.2, 0.25) is 0 Å². The van der Waals surface area contributed by atoms with Crippen LogP contribution in [0.5, 0.6) is 17.2 Å². The van der Waals surface area contributed by atoms with Crippen LogP contribution >= 0.6 is 0 Å². The van der Waals surface area contributed by atoms with E-state index < -0.39 is 5.97 Å². The van der Waals surface area contributed by atoms with E-state index in [9.17, 15) is 9.59 Å². The molecule has 1 N–H and O–H groups in total. The number of aryl methyl sites for hydroxylation is 1. The van der Waals surface area contributed by atoms with Gasteiger partial charge in [0.2, 0.25) is 5.75 Å². The molecule has 0 saturated carbocycles. The molecule has 1 amide bonds. The number of hydrogen-bond donors (Lipinski definition) is 1. The largest absolute Gasteiger partial charge is 0.493 e. The highest BCUT2D eigenvalue weighted by Crippen LogP contribution is 2.38. The molecule has 1 atom stereocenters. The van der Waals surface area contributed by atoms with Crippen molar-refractivity contribution in [2.75, 3.05) is 27.9 Å². The highest BCUT2D eigenvalue weighted by molar-refractivity contribution is 5.80. The van der Waals surface area contributed by atoms with Gasteiger partial charge in [-0.3, -0.25) is 9.59 Å². The lowest BCUT2D eigenvalue weighted by Crippen LogP contribution is -2.31. The summed E-state index contributed by atoms with van der Waals surface area (Å²) in [6.07, 6.45) is 0.539. The Morgan fingerprint density at radius 2 is 1.59 bits per heavy atom. The van der Waals surface area contributed by atoms with Gasteiger partial charge >= 0.3 is 5.97 Å². The van der Waals surface area contributed by atoms with Crippen LogP contribution in [0.15, 0.2) is 42.5 Å². The summed E-state index contributed by atoms with van der Waals surface area (Å²) >= 11 is 0. The van der Waals surface area contributed by atoms with Gasteiger partial charge in [-0.1, -0.05) is 30.3 Å². The Kier molecular flexibility index (Phi) is 8.33. The van der Waals surface area contributed by atoms with E-state index >= 15 is 0 Å². The second-order valence-corrected chi connectivity index (χ2v) is 6.39. The molecule has 7 nitrogen and oxygen atoms in total. The fourth-order valence-electron chi connectivity index (χ4n) is 2.85. The van der Waals surface area contributed by atoms with Crippen molar-refractivity contribution in [1.82, 2.24) is 5.32 Å². The minimum Gasteiger partial charge on any atom is -0.493 e. The van der Waals surface area contributed by atoms with Gasteiger partial charge in [0.05, 0.1) is 27.4 Å². The summed E-state index contributed by atoms with van der Waals surface area (Å²) in [6, 6.07) is 13.0. The van der Waals surface area contributed by atoms with Gasteiger partial charge in [-0.25, -0.2) is 0 Å². The molecule has 0 unspecified atom stereocenters. The van der Waals surface area contributed by atoms with Crippen molar-refractivity contribution in [1.29, 1.82) is 0 Å². The summed E-state index contributed by atoms with van der Waals surface area (Å²) in [5.41, 5.74) is 1.81. The zero-order chi connectivity index (χ0) is 21.2. The van der Waals surface area contributed by atoms with Crippen molar-refractivity contribution in [2.24, 2.45) is 0 Å². The lowest BCUT2D eigenvalue weighted by Gasteiger charge is -2.15. The van der Waals surface area contributed by atoms with Crippen LogP contribution in [0.4, 0.5) is 0 Å². The topological polar surface area (TPSA) is 83.1 Å². The molecular formula is C22H27NO6. The first-order chi connectivity index (χ1) is 14.0. The molecule has 0 heterocycles. The number of carbonyl (C=O) groups is 2. The third kappa shape index (κ3) is 6.41. The molecule has 156 valence electrons. The summed E-state index contributed by atoms with van der Waals surface area (Å²) in [5.74, 6) is 0.725. The van der Waals surface area contributed by atoms with Crippen LogP contribution in [0, 0.1) is 0 Å². The van der Waals surface area contributed by atoms with E-state index in [1.54, 1.807) is 12.1 Å². The van der Waals surface area contributed by atoms with Crippen LogP contribution in [-0.4, -0.2) is 39.8 Å². The van der Waals surface area contributed by atoms with Gasteiger partial charge in [0, 0.05) is 6.42 Å². The first kappa shape index (κ1) is 22.1. The van der Waals surface area contributed by atoms with Gasteiger partial charge < -0.3 is 24.3 Å². The lowest BCUT2D eigenvalue weighted by molar-refractivity contribution is -0.148. The maximum absolute atomic E-state index is 12.0. The smallest absolute Gasteiger partial charge is 0.306 e. The zero-order valence-electron chi connectivity index (χ0n) is 17.2. The van der Waals surface area contributed by atoms with E-state index in [1.807, 2.05) is 37.3 Å². The van der Waals surface area contributed by atoms with Crippen molar-refractivity contribution in [3.63, 3.8) is 0 Å². The Labute approximate surface area is 170 Å². The average molecular weight is 401 g/mol. The van der Waals surface area contributed by atoms with E-state index in [0.29, 0.717) is 23.7 Å². The predicted octanol–water partition coefficient (Wildman–Crippen LogP) is 3.07. The van der Waals surface area contributed by atoms with Gasteiger partial charge in [-0.2, -0.15) is 0 Å². The molecule has 0 aromatic heterocycles. The molecule has 0 aliphatic carbocycles. The van der Waals surface area contributed by atoms with Gasteiger partial charge in [-0.15, -0.1) is 0 Å². The number of amides is 1. The van der Waals surface area contributed by atoms with Gasteiger partial charge in [-0.05, 0) is 36.6 Å². The second-order valence-electron chi connectivity index (χ2n) is 6.39. The van der Waals surface area contributed by atoms with E-state index in [4.69, 9.17) is 18.9 Å². The van der Waals surface area contributed by atoms with Crippen molar-refractivity contribution >= 4 is 11.9 Å². The van der Waals surface area contributed by atoms with Crippen molar-refractivity contribution < 1.29 is 28.5 Å². The standard InChI is InChI=1S/C22H27NO6/c1-15(17-8-6-5-7-9-17)23-20(24)14-29-21(25)11-10-16-12-18(26-2)22(28-4)19(13-16)27-3/h5-9,12-13,15H,10-11,14H2,1-4H3,(H,23,24)/t15-/m0/s1. The minimum atomic E-state index is -0.457. The normalized spacial score (nSPS) is 11.3. The monoisotopic (exact) mass is 401 g/mol. The maximum Gasteiger partial charge on any atom is 0.306 e. The Bertz CT molecular complexity index is 796. The maximum atomic E-state index is 12.0. The first-order valence-electron chi connectivity index (χ1n) is 9.27. The van der Waals surface area contributed by atoms with E-state index in [1.165, 1.54) is 21.3 Å². The van der Waals surface area contributed by atoms with Gasteiger partial charge in [0.15, 0.2) is 18.1 Å². The summed E-state index contributed by atoms with van der Waals surface area (Å²) < 4.78 is 21.0. The first-order valence-corrected chi connectivity index (χ1v) is 9.27. The third-order valence-electron chi connectivity index (χ3n) is 4.38. The van der Waals surface area contributed by atoms with E-state index in [2.05, 4.69) is 5.32 Å². The summed E-state index contributed by atoms with van der Waals surface area (Å²) in [5, 5.41) is 2.81. The van der Waals surface area contributed by atoms with Gasteiger partial charge in [0.25, 0.3) is 5.91 Å². The quantitative estimate of drug-likeness (QED) is 0.616. The number of ether oxygens (including phenoxy) is 4. The number of methoxy groups -OCH3 is 3. The number of hydrogen-bond acceptors (Lipinski definition) is 6. The number of esters is 1. The van der Waals surface area contributed by atoms with E-state index in [-0.39, 0.29) is 25.0 Å². The third-order valence-corrected chi connectivity index (χ3v) is 4.38. The Morgan fingerprint density at radius 3 is 2.14 bits per heavy atom. The molecule has 29 heavy (non-hydrogen) atoms. The Hall–Kier alpha value is -3.22. The van der Waals surface area contributed by atoms with Crippen LogP contribution in [0.3, 0.4) is 0 Å². The zero-order valence-corrected chi connectivity index (χ0v) is 17.2. The highest BCUT2D eigenvalue weighted by Gasteiger charge is 2.15. The molecule has 0 aliphatic heterocycles. The number of carbonyl (C=O) groups excluding carboxylic acids is 2. The Morgan fingerprint density at radius 1 is 0.966 bits per heavy atom. The summed E-state index contributed by atoms with van der Waals surface area (Å²) in [4.78, 5) is 24.0. The van der Waals surface area contributed by atoms with Crippen LogP contribution in [0.25, 0.3) is 0 Å². The summed E-state index contributed by atoms with van der Waals surface area (Å²) in [6.45, 7) is 1.56. The molecule has 0 saturated heterocycles. The van der Waals surface area contributed by atoms with Crippen molar-refractivity contribution in [3.05, 3.63) is 53.6 Å².